The number of nitrogens with one attached hydrogen (secondary N) is 3. The molecule has 1 unspecified atom stereocenters. The monoisotopic (exact) mass is 515 g/mol. The van der Waals surface area contributed by atoms with Crippen LogP contribution < -0.4 is 16.0 Å². The van der Waals surface area contributed by atoms with Crippen LogP contribution in [-0.2, 0) is 4.79 Å². The number of carbonyl (C=O) groups is 1. The Bertz CT molecular complexity index is 1430. The van der Waals surface area contributed by atoms with Crippen LogP contribution in [0.1, 0.15) is 45.7 Å². The van der Waals surface area contributed by atoms with Crippen molar-refractivity contribution in [3.63, 3.8) is 0 Å². The van der Waals surface area contributed by atoms with Gasteiger partial charge in [-0.2, -0.15) is 4.98 Å². The van der Waals surface area contributed by atoms with Crippen LogP contribution in [0, 0.1) is 0 Å². The van der Waals surface area contributed by atoms with Gasteiger partial charge in [0.1, 0.15) is 11.6 Å². The third-order valence-corrected chi connectivity index (χ3v) is 6.33. The summed E-state index contributed by atoms with van der Waals surface area (Å²) in [6, 6.07) is 14.5. The van der Waals surface area contributed by atoms with Gasteiger partial charge in [0.15, 0.2) is 5.58 Å². The number of carbonyl (C=O) groups excluding carboxylic acids is 1. The number of benzene rings is 2. The van der Waals surface area contributed by atoms with Crippen molar-refractivity contribution in [2.45, 2.75) is 40.2 Å². The second-order valence-electron chi connectivity index (χ2n) is 8.60. The number of aliphatic imine (C=N–C) groups is 1. The van der Waals surface area contributed by atoms with Crippen LogP contribution in [-0.4, -0.2) is 16.9 Å². The third kappa shape index (κ3) is 6.19. The number of allylic oxidation sites excluding steroid dienone is 6. The number of hydrogen-bond acceptors (Lipinski definition) is 6. The molecule has 4 rings (SSSR count). The number of aromatic nitrogens is 1. The first-order valence-electron chi connectivity index (χ1n) is 12.1. The van der Waals surface area contributed by atoms with E-state index < -0.39 is 6.04 Å². The first-order valence-corrected chi connectivity index (χ1v) is 12.5. The molecule has 0 bridgehead atoms. The largest absolute Gasteiger partial charge is 0.423 e. The Balaban J connectivity index is 1.64. The molecule has 2 heterocycles. The summed E-state index contributed by atoms with van der Waals surface area (Å²) in [7, 11) is 0. The Morgan fingerprint density at radius 1 is 1.19 bits per heavy atom. The third-order valence-electron chi connectivity index (χ3n) is 5.99. The molecule has 1 atom stereocenters. The first-order chi connectivity index (χ1) is 17.9. The van der Waals surface area contributed by atoms with Crippen LogP contribution in [0.5, 0.6) is 0 Å². The zero-order valence-corrected chi connectivity index (χ0v) is 22.1. The smallest absolute Gasteiger partial charge is 0.302 e. The van der Waals surface area contributed by atoms with E-state index >= 15 is 0 Å². The molecule has 0 saturated heterocycles. The van der Waals surface area contributed by atoms with E-state index in [-0.39, 0.29) is 5.91 Å². The van der Waals surface area contributed by atoms with Crippen LogP contribution in [0.15, 0.2) is 105 Å². The fourth-order valence-corrected chi connectivity index (χ4v) is 4.06. The summed E-state index contributed by atoms with van der Waals surface area (Å²) in [6.45, 7) is 7.88. The van der Waals surface area contributed by atoms with Crippen molar-refractivity contribution in [1.29, 1.82) is 0 Å². The summed E-state index contributed by atoms with van der Waals surface area (Å²) in [5, 5.41) is 9.80. The Hall–Kier alpha value is -4.10. The molecule has 0 radical (unpaired) electrons. The number of nitrogens with zero attached hydrogens (tertiary/aromatic N) is 2. The molecule has 0 aliphatic carbocycles. The van der Waals surface area contributed by atoms with E-state index in [2.05, 4.69) is 34.8 Å². The Kier molecular flexibility index (Phi) is 8.25. The second-order valence-corrected chi connectivity index (χ2v) is 9.01. The zero-order chi connectivity index (χ0) is 26.4. The van der Waals surface area contributed by atoms with E-state index in [1.165, 1.54) is 5.57 Å². The minimum Gasteiger partial charge on any atom is -0.423 e. The highest BCUT2D eigenvalue weighted by Crippen LogP contribution is 2.35. The molecule has 37 heavy (non-hydrogen) atoms. The molecule has 1 aliphatic rings. The minimum absolute atomic E-state index is 0.270. The van der Waals surface area contributed by atoms with Crippen LogP contribution in [0.3, 0.4) is 0 Å². The number of rotatable bonds is 7. The molecule has 1 aliphatic heterocycles. The van der Waals surface area contributed by atoms with Gasteiger partial charge in [0.2, 0.25) is 5.96 Å². The molecule has 1 aromatic heterocycles. The van der Waals surface area contributed by atoms with Crippen molar-refractivity contribution >= 4 is 40.6 Å². The van der Waals surface area contributed by atoms with Gasteiger partial charge in [-0.05, 0) is 51.5 Å². The van der Waals surface area contributed by atoms with Crippen LogP contribution in [0.25, 0.3) is 11.1 Å². The van der Waals surface area contributed by atoms with Crippen molar-refractivity contribution < 1.29 is 9.21 Å². The normalized spacial score (nSPS) is 16.7. The predicted molar refractivity (Wildman–Crippen MR) is 150 cm³/mol. The lowest BCUT2D eigenvalue weighted by molar-refractivity contribution is -0.117. The number of oxazole rings is 1. The molecular formula is C29H30ClN5O2. The maximum absolute atomic E-state index is 13.5. The standard InChI is InChI=1S/C29H30ClN5O2/c1-5-18(3)12-11-13-20(6-2)32-27(36)25-19(4)31-28(34-26(25)21-14-7-8-15-22(21)30)35-29-33-23-16-9-10-17-24(23)37-29/h6-17,26H,5H2,1-4H3,(H,32,36)(H2,31,33,34,35)/b13-11-,18-12+,20-6+. The highest BCUT2D eigenvalue weighted by atomic mass is 35.5. The molecule has 0 fully saturated rings. The topological polar surface area (TPSA) is 91.6 Å². The van der Waals surface area contributed by atoms with Gasteiger partial charge in [-0.1, -0.05) is 72.7 Å². The predicted octanol–water partition coefficient (Wildman–Crippen LogP) is 6.80. The van der Waals surface area contributed by atoms with Crippen molar-refractivity contribution in [3.8, 4) is 0 Å². The van der Waals surface area contributed by atoms with Gasteiger partial charge in [-0.25, -0.2) is 4.99 Å². The van der Waals surface area contributed by atoms with E-state index in [1.807, 2.05) is 80.6 Å². The fourth-order valence-electron chi connectivity index (χ4n) is 3.83. The summed E-state index contributed by atoms with van der Waals surface area (Å²) in [6.07, 6.45) is 8.65. The molecule has 7 nitrogen and oxygen atoms in total. The number of anilines is 1. The van der Waals surface area contributed by atoms with Crippen molar-refractivity contribution in [1.82, 2.24) is 15.6 Å². The molecule has 3 aromatic rings. The van der Waals surface area contributed by atoms with E-state index in [9.17, 15) is 4.79 Å². The van der Waals surface area contributed by atoms with Gasteiger partial charge in [0.05, 0.1) is 5.57 Å². The summed E-state index contributed by atoms with van der Waals surface area (Å²) >= 11 is 6.56. The SMILES string of the molecule is C\C=C(/C=C\C=C(/C)CC)NC(=O)C1=C(C)NC(Nc2nc3ccccc3o2)=NC1c1ccccc1Cl. The maximum Gasteiger partial charge on any atom is 0.302 e. The molecule has 190 valence electrons. The lowest BCUT2D eigenvalue weighted by Crippen LogP contribution is -2.38. The average Bonchev–Trinajstić information content (AvgIpc) is 3.30. The number of guanidine groups is 1. The van der Waals surface area contributed by atoms with Crippen molar-refractivity contribution in [3.05, 3.63) is 106 Å². The molecular weight excluding hydrogens is 486 g/mol. The molecule has 2 aromatic carbocycles. The average molecular weight is 516 g/mol. The van der Waals surface area contributed by atoms with Crippen LogP contribution in [0.2, 0.25) is 5.02 Å². The lowest BCUT2D eigenvalue weighted by Gasteiger charge is -2.27. The van der Waals surface area contributed by atoms with Crippen LogP contribution in [0.4, 0.5) is 6.01 Å². The van der Waals surface area contributed by atoms with E-state index in [0.717, 1.165) is 11.9 Å². The molecule has 0 spiro atoms. The van der Waals surface area contributed by atoms with Gasteiger partial charge < -0.3 is 15.1 Å². The summed E-state index contributed by atoms with van der Waals surface area (Å²) in [5.41, 5.74) is 5.13. The van der Waals surface area contributed by atoms with Crippen molar-refractivity contribution in [2.24, 2.45) is 4.99 Å². The highest BCUT2D eigenvalue weighted by Gasteiger charge is 2.31. The number of amides is 1. The quantitative estimate of drug-likeness (QED) is 0.301. The first kappa shape index (κ1) is 26.0. The number of hydrogen-bond donors (Lipinski definition) is 3. The van der Waals surface area contributed by atoms with Gasteiger partial charge in [-0.3, -0.25) is 10.1 Å². The minimum atomic E-state index is -0.647. The van der Waals surface area contributed by atoms with Gasteiger partial charge in [0, 0.05) is 22.0 Å². The highest BCUT2D eigenvalue weighted by molar-refractivity contribution is 6.31. The Morgan fingerprint density at radius 3 is 2.68 bits per heavy atom. The van der Waals surface area contributed by atoms with Crippen LogP contribution >= 0.6 is 11.6 Å². The van der Waals surface area contributed by atoms with E-state index in [4.69, 9.17) is 21.0 Å². The Morgan fingerprint density at radius 2 is 1.95 bits per heavy atom. The number of fused-ring (bicyclic) bond motifs is 1. The van der Waals surface area contributed by atoms with E-state index in [0.29, 0.717) is 45.1 Å². The van der Waals surface area contributed by atoms with Gasteiger partial charge in [-0.15, -0.1) is 0 Å². The zero-order valence-electron chi connectivity index (χ0n) is 21.3. The Labute approximate surface area is 221 Å². The molecule has 3 N–H and O–H groups in total. The molecule has 8 heteroatoms. The fraction of sp³-hybridized carbons (Fsp3) is 0.207. The lowest BCUT2D eigenvalue weighted by atomic mass is 9.95. The molecule has 0 saturated carbocycles. The number of halogens is 1. The second kappa shape index (κ2) is 11.8. The summed E-state index contributed by atoms with van der Waals surface area (Å²) < 4.78 is 5.79. The van der Waals surface area contributed by atoms with Gasteiger partial charge in [0.25, 0.3) is 5.91 Å². The van der Waals surface area contributed by atoms with E-state index in [1.54, 1.807) is 6.07 Å². The molecule has 1 amide bonds. The van der Waals surface area contributed by atoms with Gasteiger partial charge >= 0.3 is 6.01 Å². The maximum atomic E-state index is 13.5. The summed E-state index contributed by atoms with van der Waals surface area (Å²) in [4.78, 5) is 22.8. The summed E-state index contributed by atoms with van der Waals surface area (Å²) in [5.74, 6) is 0.130. The van der Waals surface area contributed by atoms with Crippen molar-refractivity contribution in [2.75, 3.05) is 5.32 Å². The number of para-hydroxylation sites is 2.